The topological polar surface area (TPSA) is 79.3 Å². The second kappa shape index (κ2) is 5.98. The summed E-state index contributed by atoms with van der Waals surface area (Å²) in [6.07, 6.45) is 3.08. The summed E-state index contributed by atoms with van der Waals surface area (Å²) in [6, 6.07) is 2.88. The summed E-state index contributed by atoms with van der Waals surface area (Å²) in [7, 11) is 0. The number of hydrogen-bond donors (Lipinski definition) is 2. The fourth-order valence-corrected chi connectivity index (χ4v) is 1.46. The van der Waals surface area contributed by atoms with Gasteiger partial charge in [-0.25, -0.2) is 4.79 Å². The van der Waals surface area contributed by atoms with Crippen molar-refractivity contribution in [1.82, 2.24) is 10.3 Å². The maximum absolute atomic E-state index is 11.7. The van der Waals surface area contributed by atoms with E-state index in [4.69, 9.17) is 5.11 Å². The third-order valence-electron chi connectivity index (χ3n) is 2.34. The van der Waals surface area contributed by atoms with Crippen molar-refractivity contribution < 1.29 is 14.7 Å². The Bertz CT molecular complexity index is 401. The molecule has 0 aromatic carbocycles. The van der Waals surface area contributed by atoms with Crippen molar-refractivity contribution in [3.05, 3.63) is 29.6 Å². The molecule has 0 spiro atoms. The Balaban J connectivity index is 2.66. The highest BCUT2D eigenvalue weighted by Gasteiger charge is 2.11. The summed E-state index contributed by atoms with van der Waals surface area (Å²) in [6.45, 7) is 3.97. The minimum Gasteiger partial charge on any atom is -0.478 e. The quantitative estimate of drug-likeness (QED) is 0.815. The zero-order valence-electron chi connectivity index (χ0n) is 9.93. The van der Waals surface area contributed by atoms with E-state index in [0.717, 1.165) is 12.8 Å². The van der Waals surface area contributed by atoms with Crippen LogP contribution in [-0.4, -0.2) is 28.0 Å². The summed E-state index contributed by atoms with van der Waals surface area (Å²) in [5, 5.41) is 11.5. The van der Waals surface area contributed by atoms with Crippen LogP contribution < -0.4 is 5.32 Å². The number of aromatic carboxylic acids is 1. The third-order valence-corrected chi connectivity index (χ3v) is 2.34. The number of rotatable bonds is 5. The van der Waals surface area contributed by atoms with Gasteiger partial charge in [0.05, 0.1) is 5.56 Å². The van der Waals surface area contributed by atoms with Crippen LogP contribution in [0.5, 0.6) is 0 Å². The van der Waals surface area contributed by atoms with Crippen LogP contribution in [0.15, 0.2) is 18.3 Å². The number of nitrogens with one attached hydrogen (secondary N) is 1. The van der Waals surface area contributed by atoms with Crippen molar-refractivity contribution >= 4 is 11.9 Å². The van der Waals surface area contributed by atoms with Gasteiger partial charge in [-0.3, -0.25) is 9.78 Å². The highest BCUT2D eigenvalue weighted by Crippen LogP contribution is 2.02. The van der Waals surface area contributed by atoms with E-state index in [2.05, 4.69) is 10.3 Å². The fourth-order valence-electron chi connectivity index (χ4n) is 1.46. The monoisotopic (exact) mass is 236 g/mol. The van der Waals surface area contributed by atoms with Crippen LogP contribution in [-0.2, 0) is 0 Å². The average molecular weight is 236 g/mol. The van der Waals surface area contributed by atoms with E-state index < -0.39 is 5.97 Å². The number of pyridine rings is 1. The molecule has 1 heterocycles. The first kappa shape index (κ1) is 13.2. The van der Waals surface area contributed by atoms with E-state index in [1.165, 1.54) is 18.3 Å². The Morgan fingerprint density at radius 2 is 2.18 bits per heavy atom. The normalized spacial score (nSPS) is 11.9. The van der Waals surface area contributed by atoms with Crippen LogP contribution in [0.4, 0.5) is 0 Å². The number of carbonyl (C=O) groups is 2. The second-order valence-corrected chi connectivity index (χ2v) is 3.90. The molecule has 92 valence electrons. The van der Waals surface area contributed by atoms with Gasteiger partial charge < -0.3 is 10.4 Å². The zero-order chi connectivity index (χ0) is 12.8. The standard InChI is InChI=1S/C12H16N2O3/c1-3-4-8(2)14-11(15)10-6-5-9(7-13-10)12(16)17/h5-8H,3-4H2,1-2H3,(H,14,15)(H,16,17). The molecule has 0 aliphatic rings. The lowest BCUT2D eigenvalue weighted by atomic mass is 10.2. The van der Waals surface area contributed by atoms with Crippen molar-refractivity contribution in [2.24, 2.45) is 0 Å². The average Bonchev–Trinajstić information content (AvgIpc) is 2.29. The van der Waals surface area contributed by atoms with Crippen molar-refractivity contribution in [1.29, 1.82) is 0 Å². The van der Waals surface area contributed by atoms with Crippen LogP contribution in [0.3, 0.4) is 0 Å². The molecule has 1 unspecified atom stereocenters. The van der Waals surface area contributed by atoms with Crippen LogP contribution in [0.1, 0.15) is 47.5 Å². The fraction of sp³-hybridized carbons (Fsp3) is 0.417. The molecule has 1 aromatic heterocycles. The van der Waals surface area contributed by atoms with Crippen LogP contribution in [0.2, 0.25) is 0 Å². The summed E-state index contributed by atoms with van der Waals surface area (Å²) in [5.74, 6) is -1.33. The molecule has 2 N–H and O–H groups in total. The summed E-state index contributed by atoms with van der Waals surface area (Å²) >= 11 is 0. The lowest BCUT2D eigenvalue weighted by molar-refractivity contribution is 0.0695. The molecule has 0 fully saturated rings. The predicted molar refractivity (Wildman–Crippen MR) is 63.0 cm³/mol. The minimum absolute atomic E-state index is 0.0724. The molecule has 0 aliphatic heterocycles. The van der Waals surface area contributed by atoms with Gasteiger partial charge in [0.2, 0.25) is 0 Å². The van der Waals surface area contributed by atoms with Crippen molar-refractivity contribution in [2.45, 2.75) is 32.7 Å². The predicted octanol–water partition coefficient (Wildman–Crippen LogP) is 1.70. The summed E-state index contributed by atoms with van der Waals surface area (Å²) < 4.78 is 0. The lowest BCUT2D eigenvalue weighted by Gasteiger charge is -2.12. The molecular weight excluding hydrogens is 220 g/mol. The molecule has 0 radical (unpaired) electrons. The summed E-state index contributed by atoms with van der Waals surface area (Å²) in [4.78, 5) is 26.1. The molecule has 0 saturated carbocycles. The van der Waals surface area contributed by atoms with Gasteiger partial charge in [-0.05, 0) is 25.5 Å². The Morgan fingerprint density at radius 1 is 1.47 bits per heavy atom. The number of amides is 1. The molecular formula is C12H16N2O3. The van der Waals surface area contributed by atoms with E-state index in [-0.39, 0.29) is 23.2 Å². The van der Waals surface area contributed by atoms with Gasteiger partial charge in [-0.15, -0.1) is 0 Å². The first-order chi connectivity index (χ1) is 8.04. The molecule has 1 rings (SSSR count). The molecule has 17 heavy (non-hydrogen) atoms. The van der Waals surface area contributed by atoms with E-state index in [0.29, 0.717) is 0 Å². The van der Waals surface area contributed by atoms with Crippen molar-refractivity contribution in [2.75, 3.05) is 0 Å². The third kappa shape index (κ3) is 3.86. The van der Waals surface area contributed by atoms with Gasteiger partial charge >= 0.3 is 5.97 Å². The number of carboxylic acid groups (broad SMARTS) is 1. The van der Waals surface area contributed by atoms with Gasteiger partial charge in [0.15, 0.2) is 0 Å². The first-order valence-corrected chi connectivity index (χ1v) is 5.54. The Morgan fingerprint density at radius 3 is 2.65 bits per heavy atom. The van der Waals surface area contributed by atoms with Crippen molar-refractivity contribution in [3.63, 3.8) is 0 Å². The van der Waals surface area contributed by atoms with E-state index in [9.17, 15) is 9.59 Å². The van der Waals surface area contributed by atoms with E-state index >= 15 is 0 Å². The van der Waals surface area contributed by atoms with Crippen LogP contribution in [0.25, 0.3) is 0 Å². The SMILES string of the molecule is CCCC(C)NC(=O)c1ccc(C(=O)O)cn1. The second-order valence-electron chi connectivity index (χ2n) is 3.90. The lowest BCUT2D eigenvalue weighted by Crippen LogP contribution is -2.32. The smallest absolute Gasteiger partial charge is 0.337 e. The summed E-state index contributed by atoms with van der Waals surface area (Å²) in [5.41, 5.74) is 0.307. The molecule has 1 amide bonds. The highest BCUT2D eigenvalue weighted by atomic mass is 16.4. The maximum atomic E-state index is 11.7. The largest absolute Gasteiger partial charge is 0.478 e. The van der Waals surface area contributed by atoms with Crippen LogP contribution >= 0.6 is 0 Å². The van der Waals surface area contributed by atoms with Gasteiger partial charge in [0.25, 0.3) is 5.91 Å². The molecule has 5 heteroatoms. The molecule has 1 atom stereocenters. The molecule has 1 aromatic rings. The van der Waals surface area contributed by atoms with Crippen LogP contribution in [0, 0.1) is 0 Å². The number of aromatic nitrogens is 1. The molecule has 0 saturated heterocycles. The number of nitrogens with zero attached hydrogens (tertiary/aromatic N) is 1. The van der Waals surface area contributed by atoms with E-state index in [1.807, 2.05) is 13.8 Å². The van der Waals surface area contributed by atoms with Crippen molar-refractivity contribution in [3.8, 4) is 0 Å². The number of hydrogen-bond acceptors (Lipinski definition) is 3. The first-order valence-electron chi connectivity index (χ1n) is 5.54. The van der Waals surface area contributed by atoms with E-state index in [1.54, 1.807) is 0 Å². The maximum Gasteiger partial charge on any atom is 0.337 e. The number of carboxylic acids is 1. The Kier molecular flexibility index (Phi) is 4.63. The minimum atomic E-state index is -1.05. The Labute approximate surface area is 99.9 Å². The molecule has 0 bridgehead atoms. The highest BCUT2D eigenvalue weighted by molar-refractivity contribution is 5.93. The molecule has 5 nitrogen and oxygen atoms in total. The van der Waals surface area contributed by atoms with Gasteiger partial charge in [-0.2, -0.15) is 0 Å². The van der Waals surface area contributed by atoms with Gasteiger partial charge in [0, 0.05) is 12.2 Å². The molecule has 0 aliphatic carbocycles. The zero-order valence-corrected chi connectivity index (χ0v) is 9.93. The number of carbonyl (C=O) groups excluding carboxylic acids is 1. The Hall–Kier alpha value is -1.91. The van der Waals surface area contributed by atoms with Gasteiger partial charge in [-0.1, -0.05) is 13.3 Å². The van der Waals surface area contributed by atoms with Gasteiger partial charge in [0.1, 0.15) is 5.69 Å².